The molecule has 0 atom stereocenters. The van der Waals surface area contributed by atoms with Crippen molar-refractivity contribution in [3.8, 4) is 5.82 Å². The summed E-state index contributed by atoms with van der Waals surface area (Å²) in [4.78, 5) is 20.7. The lowest BCUT2D eigenvalue weighted by Gasteiger charge is -2.35. The van der Waals surface area contributed by atoms with E-state index in [-0.39, 0.29) is 5.76 Å². The van der Waals surface area contributed by atoms with Gasteiger partial charge in [0.2, 0.25) is 5.76 Å². The van der Waals surface area contributed by atoms with Gasteiger partial charge in [-0.2, -0.15) is 5.10 Å². The zero-order valence-corrected chi connectivity index (χ0v) is 17.0. The highest BCUT2D eigenvalue weighted by Crippen LogP contribution is 2.27. The van der Waals surface area contributed by atoms with Crippen molar-refractivity contribution in [3.05, 3.63) is 59.4 Å². The van der Waals surface area contributed by atoms with E-state index in [2.05, 4.69) is 21.7 Å². The van der Waals surface area contributed by atoms with E-state index in [0.29, 0.717) is 6.54 Å². The molecule has 0 amide bonds. The Hall–Kier alpha value is -3.13. The van der Waals surface area contributed by atoms with E-state index in [9.17, 15) is 4.79 Å². The van der Waals surface area contributed by atoms with Crippen LogP contribution in [0.5, 0.6) is 0 Å². The first-order valence-corrected chi connectivity index (χ1v) is 9.69. The number of nitrogens with zero attached hydrogens (tertiary/aromatic N) is 5. The normalized spacial score (nSPS) is 14.9. The van der Waals surface area contributed by atoms with Gasteiger partial charge in [-0.15, -0.1) is 0 Å². The van der Waals surface area contributed by atoms with Crippen LogP contribution in [0.25, 0.3) is 5.82 Å². The fourth-order valence-corrected chi connectivity index (χ4v) is 3.82. The van der Waals surface area contributed by atoms with E-state index in [0.717, 1.165) is 49.1 Å². The van der Waals surface area contributed by atoms with Gasteiger partial charge in [-0.25, -0.2) is 14.5 Å². The summed E-state index contributed by atoms with van der Waals surface area (Å²) in [7, 11) is 1.35. The first-order chi connectivity index (χ1) is 14.1. The number of aryl methyl sites for hydroxylation is 1. The van der Waals surface area contributed by atoms with Crippen LogP contribution in [0.2, 0.25) is 0 Å². The molecular formula is C21H25N5O3. The second kappa shape index (κ2) is 8.08. The van der Waals surface area contributed by atoms with Gasteiger partial charge in [0.15, 0.2) is 5.82 Å². The molecule has 0 bridgehead atoms. The summed E-state index contributed by atoms with van der Waals surface area (Å²) < 4.78 is 12.2. The van der Waals surface area contributed by atoms with Gasteiger partial charge in [-0.3, -0.25) is 4.90 Å². The predicted molar refractivity (Wildman–Crippen MR) is 108 cm³/mol. The van der Waals surface area contributed by atoms with Crippen molar-refractivity contribution in [2.24, 2.45) is 0 Å². The molecule has 3 aromatic heterocycles. The zero-order valence-electron chi connectivity index (χ0n) is 17.0. The van der Waals surface area contributed by atoms with Gasteiger partial charge >= 0.3 is 5.97 Å². The lowest BCUT2D eigenvalue weighted by Crippen LogP contribution is -2.46. The van der Waals surface area contributed by atoms with Crippen molar-refractivity contribution < 1.29 is 13.9 Å². The van der Waals surface area contributed by atoms with E-state index in [4.69, 9.17) is 14.3 Å². The van der Waals surface area contributed by atoms with Crippen LogP contribution in [-0.4, -0.2) is 58.9 Å². The second-order valence-electron chi connectivity index (χ2n) is 7.14. The average molecular weight is 395 g/mol. The molecule has 0 aliphatic carbocycles. The number of anilines is 1. The Labute approximate surface area is 169 Å². The molecule has 1 aliphatic heterocycles. The molecule has 0 N–H and O–H groups in total. The number of hydrogen-bond donors (Lipinski definition) is 0. The highest BCUT2D eigenvalue weighted by Gasteiger charge is 2.24. The summed E-state index contributed by atoms with van der Waals surface area (Å²) in [6, 6.07) is 9.34. The minimum Gasteiger partial charge on any atom is -0.463 e. The second-order valence-corrected chi connectivity index (χ2v) is 7.14. The maximum atomic E-state index is 11.5. The average Bonchev–Trinajstić information content (AvgIpc) is 3.33. The summed E-state index contributed by atoms with van der Waals surface area (Å²) in [5.74, 6) is 1.40. The third-order valence-electron chi connectivity index (χ3n) is 5.24. The first kappa shape index (κ1) is 19.2. The van der Waals surface area contributed by atoms with E-state index >= 15 is 0 Å². The molecule has 4 rings (SSSR count). The maximum absolute atomic E-state index is 11.5. The number of pyridine rings is 1. The first-order valence-electron chi connectivity index (χ1n) is 9.69. The zero-order chi connectivity index (χ0) is 20.4. The predicted octanol–water partition coefficient (Wildman–Crippen LogP) is 2.59. The number of piperazine rings is 1. The third kappa shape index (κ3) is 3.88. The molecule has 0 spiro atoms. The molecule has 1 fully saturated rings. The SMILES string of the molecule is COC(=O)c1ccc(CN2CCN(c3c(C)nn(-c4ccccn4)c3C)CC2)o1. The number of carbonyl (C=O) groups excluding carboxylic acids is 1. The fraction of sp³-hybridized carbons (Fsp3) is 0.381. The number of carbonyl (C=O) groups is 1. The molecule has 0 radical (unpaired) electrons. The van der Waals surface area contributed by atoms with Crippen molar-refractivity contribution in [2.75, 3.05) is 38.2 Å². The van der Waals surface area contributed by atoms with Gasteiger partial charge < -0.3 is 14.1 Å². The Morgan fingerprint density at radius 3 is 2.62 bits per heavy atom. The molecule has 8 heteroatoms. The molecule has 8 nitrogen and oxygen atoms in total. The van der Waals surface area contributed by atoms with Crippen molar-refractivity contribution in [1.29, 1.82) is 0 Å². The van der Waals surface area contributed by atoms with Gasteiger partial charge in [-0.05, 0) is 38.1 Å². The Morgan fingerprint density at radius 1 is 1.14 bits per heavy atom. The van der Waals surface area contributed by atoms with Crippen LogP contribution in [0.3, 0.4) is 0 Å². The van der Waals surface area contributed by atoms with Gasteiger partial charge in [0.05, 0.1) is 30.7 Å². The fourth-order valence-electron chi connectivity index (χ4n) is 3.82. The Kier molecular flexibility index (Phi) is 5.35. The number of ether oxygens (including phenoxy) is 1. The highest BCUT2D eigenvalue weighted by atomic mass is 16.5. The molecular weight excluding hydrogens is 370 g/mol. The van der Waals surface area contributed by atoms with Crippen molar-refractivity contribution in [2.45, 2.75) is 20.4 Å². The Morgan fingerprint density at radius 2 is 1.93 bits per heavy atom. The van der Waals surface area contributed by atoms with E-state index < -0.39 is 5.97 Å². The molecule has 4 heterocycles. The number of furan rings is 1. The van der Waals surface area contributed by atoms with Crippen LogP contribution >= 0.6 is 0 Å². The van der Waals surface area contributed by atoms with E-state index in [1.807, 2.05) is 35.9 Å². The molecule has 0 saturated carbocycles. The van der Waals surface area contributed by atoms with E-state index in [1.54, 1.807) is 12.3 Å². The minimum atomic E-state index is -0.447. The quantitative estimate of drug-likeness (QED) is 0.615. The lowest BCUT2D eigenvalue weighted by atomic mass is 10.2. The number of methoxy groups -OCH3 is 1. The molecule has 29 heavy (non-hydrogen) atoms. The molecule has 3 aromatic rings. The maximum Gasteiger partial charge on any atom is 0.373 e. The highest BCUT2D eigenvalue weighted by molar-refractivity contribution is 5.86. The number of hydrogen-bond acceptors (Lipinski definition) is 7. The topological polar surface area (TPSA) is 76.6 Å². The summed E-state index contributed by atoms with van der Waals surface area (Å²) >= 11 is 0. The molecule has 1 saturated heterocycles. The number of rotatable bonds is 5. The largest absolute Gasteiger partial charge is 0.463 e. The van der Waals surface area contributed by atoms with Crippen molar-refractivity contribution >= 4 is 11.7 Å². The third-order valence-corrected chi connectivity index (χ3v) is 5.24. The summed E-state index contributed by atoms with van der Waals surface area (Å²) in [5.41, 5.74) is 3.29. The summed E-state index contributed by atoms with van der Waals surface area (Å²) in [6.07, 6.45) is 1.78. The smallest absolute Gasteiger partial charge is 0.373 e. The van der Waals surface area contributed by atoms with Crippen LogP contribution in [0.4, 0.5) is 5.69 Å². The molecule has 152 valence electrons. The van der Waals surface area contributed by atoms with Gasteiger partial charge in [0, 0.05) is 32.4 Å². The van der Waals surface area contributed by atoms with Crippen LogP contribution in [0.15, 0.2) is 40.9 Å². The monoisotopic (exact) mass is 395 g/mol. The molecule has 0 aromatic carbocycles. The minimum absolute atomic E-state index is 0.245. The van der Waals surface area contributed by atoms with E-state index in [1.165, 1.54) is 12.8 Å². The van der Waals surface area contributed by atoms with Crippen molar-refractivity contribution in [3.63, 3.8) is 0 Å². The summed E-state index contributed by atoms with van der Waals surface area (Å²) in [6.45, 7) is 8.43. The summed E-state index contributed by atoms with van der Waals surface area (Å²) in [5, 5.41) is 4.71. The van der Waals surface area contributed by atoms with Gasteiger partial charge in [0.1, 0.15) is 5.76 Å². The number of esters is 1. The van der Waals surface area contributed by atoms with Gasteiger partial charge in [0.25, 0.3) is 0 Å². The molecule has 1 aliphatic rings. The van der Waals surface area contributed by atoms with Crippen LogP contribution in [0.1, 0.15) is 27.7 Å². The van der Waals surface area contributed by atoms with Crippen LogP contribution in [-0.2, 0) is 11.3 Å². The standard InChI is InChI=1S/C21H25N5O3/c1-15-20(16(2)26(23-15)19-6-4-5-9-22-19)25-12-10-24(11-13-25)14-17-7-8-18(29-17)21(27)28-3/h4-9H,10-14H2,1-3H3. The van der Waals surface area contributed by atoms with Crippen molar-refractivity contribution in [1.82, 2.24) is 19.7 Å². The lowest BCUT2D eigenvalue weighted by molar-refractivity contribution is 0.0561. The van der Waals surface area contributed by atoms with Gasteiger partial charge in [-0.1, -0.05) is 6.07 Å². The van der Waals surface area contributed by atoms with Crippen LogP contribution < -0.4 is 4.90 Å². The van der Waals surface area contributed by atoms with Crippen LogP contribution in [0, 0.1) is 13.8 Å². The number of aromatic nitrogens is 3. The molecule has 0 unspecified atom stereocenters. The Bertz CT molecular complexity index is 987. The Balaban J connectivity index is 1.42.